The van der Waals surface area contributed by atoms with Gasteiger partial charge in [-0.15, -0.1) is 0 Å². The number of hydrogen-bond acceptors (Lipinski definition) is 2. The predicted octanol–water partition coefficient (Wildman–Crippen LogP) is 5.24. The second kappa shape index (κ2) is 10.8. The van der Waals surface area contributed by atoms with Gasteiger partial charge in [0.25, 0.3) is 0 Å². The molecule has 7 heteroatoms. The molecule has 0 spiro atoms. The lowest BCUT2D eigenvalue weighted by Crippen LogP contribution is -2.48. The monoisotopic (exact) mass is 484 g/mol. The van der Waals surface area contributed by atoms with Gasteiger partial charge in [0.15, 0.2) is 0 Å². The Balaban J connectivity index is 2.26. The lowest BCUT2D eigenvalue weighted by molar-refractivity contribution is -0.140. The second-order valence-electron chi connectivity index (χ2n) is 6.49. The highest BCUT2D eigenvalue weighted by Gasteiger charge is 2.27. The van der Waals surface area contributed by atoms with Gasteiger partial charge in [0.2, 0.25) is 11.8 Å². The summed E-state index contributed by atoms with van der Waals surface area (Å²) < 4.78 is 0.950. The zero-order valence-electron chi connectivity index (χ0n) is 15.8. The van der Waals surface area contributed by atoms with E-state index >= 15 is 0 Å². The summed E-state index contributed by atoms with van der Waals surface area (Å²) in [7, 11) is 0. The molecule has 0 aliphatic rings. The van der Waals surface area contributed by atoms with Gasteiger partial charge in [0, 0.05) is 27.6 Å². The molecule has 1 atom stereocenters. The minimum Gasteiger partial charge on any atom is -0.354 e. The van der Waals surface area contributed by atoms with E-state index in [4.69, 9.17) is 23.2 Å². The molecule has 28 heavy (non-hydrogen) atoms. The van der Waals surface area contributed by atoms with Gasteiger partial charge in [0.1, 0.15) is 6.04 Å². The van der Waals surface area contributed by atoms with E-state index < -0.39 is 6.04 Å². The number of carbonyl (C=O) groups excluding carboxylic acids is 2. The summed E-state index contributed by atoms with van der Waals surface area (Å²) in [6, 6.07) is 12.2. The Labute approximate surface area is 184 Å². The molecule has 0 saturated carbocycles. The van der Waals surface area contributed by atoms with Crippen molar-refractivity contribution in [2.24, 2.45) is 0 Å². The maximum absolute atomic E-state index is 13.1. The minimum absolute atomic E-state index is 0.0282. The van der Waals surface area contributed by atoms with Gasteiger partial charge in [-0.3, -0.25) is 9.59 Å². The van der Waals surface area contributed by atoms with Crippen LogP contribution in [0.5, 0.6) is 0 Å². The van der Waals surface area contributed by atoms with Gasteiger partial charge in [-0.05, 0) is 48.7 Å². The molecule has 0 aliphatic carbocycles. The third-order valence-corrected chi connectivity index (χ3v) is 5.61. The molecule has 150 valence electrons. The Hall–Kier alpha value is -1.56. The van der Waals surface area contributed by atoms with Crippen molar-refractivity contribution in [2.75, 3.05) is 6.54 Å². The molecule has 0 unspecified atom stereocenters. The lowest BCUT2D eigenvalue weighted by Gasteiger charge is -2.29. The first kappa shape index (κ1) is 22.7. The maximum atomic E-state index is 13.1. The van der Waals surface area contributed by atoms with Crippen molar-refractivity contribution in [3.8, 4) is 0 Å². The molecule has 0 bridgehead atoms. The average molecular weight is 486 g/mol. The lowest BCUT2D eigenvalue weighted by atomic mass is 10.1. The van der Waals surface area contributed by atoms with Crippen molar-refractivity contribution in [3.05, 3.63) is 68.1 Å². The molecular formula is C21H23BrCl2N2O2. The standard InChI is InChI=1S/C21H23BrCl2N2O2/c1-3-11-25-21(28)14(2)26(13-15-7-9-16(22)10-8-15)20(27)12-17-18(23)5-4-6-19(17)24/h4-10,14H,3,11-13H2,1-2H3,(H,25,28)/t14-/m1/s1. The first-order valence-corrected chi connectivity index (χ1v) is 10.6. The van der Waals surface area contributed by atoms with Gasteiger partial charge < -0.3 is 10.2 Å². The Morgan fingerprint density at radius 3 is 2.29 bits per heavy atom. The summed E-state index contributed by atoms with van der Waals surface area (Å²) in [4.78, 5) is 27.2. The molecule has 0 saturated heterocycles. The highest BCUT2D eigenvalue weighted by molar-refractivity contribution is 9.10. The maximum Gasteiger partial charge on any atom is 0.242 e. The third-order valence-electron chi connectivity index (χ3n) is 4.37. The van der Waals surface area contributed by atoms with E-state index in [1.54, 1.807) is 30.0 Å². The first-order chi connectivity index (χ1) is 13.3. The SMILES string of the molecule is CCCNC(=O)[C@@H](C)N(Cc1ccc(Br)cc1)C(=O)Cc1c(Cl)cccc1Cl. The molecule has 2 rings (SSSR count). The highest BCUT2D eigenvalue weighted by Crippen LogP contribution is 2.26. The fraction of sp³-hybridized carbons (Fsp3) is 0.333. The number of rotatable bonds is 8. The first-order valence-electron chi connectivity index (χ1n) is 9.08. The van der Waals surface area contributed by atoms with Crippen LogP contribution in [0, 0.1) is 0 Å². The summed E-state index contributed by atoms with van der Waals surface area (Å²) in [5.74, 6) is -0.394. The smallest absolute Gasteiger partial charge is 0.242 e. The molecule has 2 amide bonds. The van der Waals surface area contributed by atoms with E-state index in [-0.39, 0.29) is 18.2 Å². The summed E-state index contributed by atoms with van der Waals surface area (Å²) in [6.45, 7) is 4.60. The van der Waals surface area contributed by atoms with Gasteiger partial charge in [-0.2, -0.15) is 0 Å². The fourth-order valence-corrected chi connectivity index (χ4v) is 3.51. The number of nitrogens with one attached hydrogen (secondary N) is 1. The number of benzene rings is 2. The van der Waals surface area contributed by atoms with Crippen molar-refractivity contribution < 1.29 is 9.59 Å². The van der Waals surface area contributed by atoms with Gasteiger partial charge in [-0.25, -0.2) is 0 Å². The van der Waals surface area contributed by atoms with Gasteiger partial charge in [-0.1, -0.05) is 64.3 Å². The van der Waals surface area contributed by atoms with E-state index in [1.165, 1.54) is 0 Å². The van der Waals surface area contributed by atoms with Crippen LogP contribution in [0.4, 0.5) is 0 Å². The van der Waals surface area contributed by atoms with Crippen molar-refractivity contribution in [3.63, 3.8) is 0 Å². The van der Waals surface area contributed by atoms with Crippen LogP contribution in [0.2, 0.25) is 10.0 Å². The number of halogens is 3. The minimum atomic E-state index is -0.621. The van der Waals surface area contributed by atoms with Crippen LogP contribution in [0.25, 0.3) is 0 Å². The van der Waals surface area contributed by atoms with Gasteiger partial charge >= 0.3 is 0 Å². The quantitative estimate of drug-likeness (QED) is 0.555. The summed E-state index contributed by atoms with van der Waals surface area (Å²) in [5, 5.41) is 3.73. The number of carbonyl (C=O) groups is 2. The van der Waals surface area contributed by atoms with Crippen molar-refractivity contribution in [1.82, 2.24) is 10.2 Å². The van der Waals surface area contributed by atoms with Crippen LogP contribution in [0.15, 0.2) is 46.9 Å². The van der Waals surface area contributed by atoms with Crippen LogP contribution in [-0.4, -0.2) is 29.3 Å². The summed E-state index contributed by atoms with van der Waals surface area (Å²) >= 11 is 15.9. The average Bonchev–Trinajstić information content (AvgIpc) is 2.67. The van der Waals surface area contributed by atoms with Gasteiger partial charge in [0.05, 0.1) is 6.42 Å². The van der Waals surface area contributed by atoms with Crippen LogP contribution in [0.3, 0.4) is 0 Å². The summed E-state index contributed by atoms with van der Waals surface area (Å²) in [6.07, 6.45) is 0.856. The van der Waals surface area contributed by atoms with Crippen LogP contribution < -0.4 is 5.32 Å². The third kappa shape index (κ3) is 6.23. The van der Waals surface area contributed by atoms with Crippen LogP contribution in [-0.2, 0) is 22.6 Å². The molecule has 1 N–H and O–H groups in total. The Kier molecular flexibility index (Phi) is 8.80. The normalized spacial score (nSPS) is 11.8. The largest absolute Gasteiger partial charge is 0.354 e. The molecule has 0 heterocycles. The molecule has 0 aromatic heterocycles. The highest BCUT2D eigenvalue weighted by atomic mass is 79.9. The number of hydrogen-bond donors (Lipinski definition) is 1. The van der Waals surface area contributed by atoms with E-state index in [2.05, 4.69) is 21.2 Å². The molecule has 0 fully saturated rings. The van der Waals surface area contributed by atoms with Crippen LogP contribution in [0.1, 0.15) is 31.4 Å². The molecule has 2 aromatic carbocycles. The van der Waals surface area contributed by atoms with Crippen molar-refractivity contribution >= 4 is 50.9 Å². The van der Waals surface area contributed by atoms with E-state index in [0.717, 1.165) is 16.5 Å². The fourth-order valence-electron chi connectivity index (χ4n) is 2.72. The molecule has 2 aromatic rings. The second-order valence-corrected chi connectivity index (χ2v) is 8.22. The molecule has 0 aliphatic heterocycles. The molecular weight excluding hydrogens is 463 g/mol. The van der Waals surface area contributed by atoms with E-state index in [1.807, 2.05) is 31.2 Å². The Morgan fingerprint density at radius 2 is 1.71 bits per heavy atom. The van der Waals surface area contributed by atoms with Crippen molar-refractivity contribution in [2.45, 2.75) is 39.3 Å². The Morgan fingerprint density at radius 1 is 1.11 bits per heavy atom. The molecule has 4 nitrogen and oxygen atoms in total. The van der Waals surface area contributed by atoms with Crippen molar-refractivity contribution in [1.29, 1.82) is 0 Å². The number of nitrogens with zero attached hydrogens (tertiary/aromatic N) is 1. The number of amides is 2. The van der Waals surface area contributed by atoms with E-state index in [0.29, 0.717) is 28.7 Å². The summed E-state index contributed by atoms with van der Waals surface area (Å²) in [5.41, 5.74) is 1.50. The zero-order valence-corrected chi connectivity index (χ0v) is 18.9. The zero-order chi connectivity index (χ0) is 20.7. The van der Waals surface area contributed by atoms with E-state index in [9.17, 15) is 9.59 Å². The Bertz CT molecular complexity index is 807. The predicted molar refractivity (Wildman–Crippen MR) is 118 cm³/mol. The topological polar surface area (TPSA) is 49.4 Å². The molecule has 0 radical (unpaired) electrons. The van der Waals surface area contributed by atoms with Crippen LogP contribution >= 0.6 is 39.1 Å².